The highest BCUT2D eigenvalue weighted by atomic mass is 79.9. The molecule has 148 valence electrons. The monoisotopic (exact) mass is 490 g/mol. The van der Waals surface area contributed by atoms with Crippen LogP contribution in [0.1, 0.15) is 16.1 Å². The van der Waals surface area contributed by atoms with E-state index in [-0.39, 0.29) is 0 Å². The van der Waals surface area contributed by atoms with Crippen LogP contribution in [0.4, 0.5) is 0 Å². The Morgan fingerprint density at radius 3 is 2.52 bits per heavy atom. The maximum Gasteiger partial charge on any atom is 0.341 e. The van der Waals surface area contributed by atoms with E-state index in [9.17, 15) is 4.79 Å². The van der Waals surface area contributed by atoms with E-state index in [4.69, 9.17) is 21.1 Å². The standard InChI is InChI=1S/C21H16BrClN2O3S/c1-27-12-17(21(26)28-2)16-6-4-3-5-14(16)11-18(22)20-25-24-19(29-20)13-7-9-15(23)10-8-13/h3-12H,1-2H3/b17-12+,18-11?. The molecular weight excluding hydrogens is 476 g/mol. The van der Waals surface area contributed by atoms with Crippen LogP contribution in [0.25, 0.3) is 26.7 Å². The molecule has 29 heavy (non-hydrogen) atoms. The van der Waals surface area contributed by atoms with E-state index >= 15 is 0 Å². The predicted molar refractivity (Wildman–Crippen MR) is 121 cm³/mol. The Kier molecular flexibility index (Phi) is 7.19. The molecule has 0 atom stereocenters. The quantitative estimate of drug-likeness (QED) is 0.244. The normalized spacial score (nSPS) is 12.0. The number of benzene rings is 2. The van der Waals surface area contributed by atoms with Crippen LogP contribution < -0.4 is 0 Å². The molecule has 0 N–H and O–H groups in total. The first-order chi connectivity index (χ1) is 14.0. The molecule has 3 rings (SSSR count). The van der Waals surface area contributed by atoms with Gasteiger partial charge in [-0.15, -0.1) is 10.2 Å². The first-order valence-corrected chi connectivity index (χ1v) is 10.4. The van der Waals surface area contributed by atoms with Crippen molar-refractivity contribution in [1.82, 2.24) is 10.2 Å². The summed E-state index contributed by atoms with van der Waals surface area (Å²) in [6.45, 7) is 0. The highest BCUT2D eigenvalue weighted by molar-refractivity contribution is 9.15. The molecule has 0 aliphatic rings. The van der Waals surface area contributed by atoms with Gasteiger partial charge in [-0.1, -0.05) is 59.3 Å². The Morgan fingerprint density at radius 2 is 1.83 bits per heavy atom. The molecule has 0 saturated heterocycles. The molecule has 3 aromatic rings. The summed E-state index contributed by atoms with van der Waals surface area (Å²) in [4.78, 5) is 12.2. The van der Waals surface area contributed by atoms with Crippen molar-refractivity contribution in [1.29, 1.82) is 0 Å². The van der Waals surface area contributed by atoms with Gasteiger partial charge in [0, 0.05) is 10.6 Å². The molecule has 0 amide bonds. The van der Waals surface area contributed by atoms with Gasteiger partial charge < -0.3 is 9.47 Å². The average Bonchev–Trinajstić information content (AvgIpc) is 3.23. The van der Waals surface area contributed by atoms with Gasteiger partial charge in [-0.05, 0) is 45.3 Å². The van der Waals surface area contributed by atoms with Crippen LogP contribution in [0.15, 0.2) is 54.8 Å². The maximum atomic E-state index is 12.2. The molecule has 0 radical (unpaired) electrons. The van der Waals surface area contributed by atoms with E-state index in [0.29, 0.717) is 21.2 Å². The number of esters is 1. The third-order valence-corrected chi connectivity index (χ3v) is 6.02. The molecule has 5 nitrogen and oxygen atoms in total. The van der Waals surface area contributed by atoms with E-state index in [1.54, 1.807) is 0 Å². The average molecular weight is 492 g/mol. The van der Waals surface area contributed by atoms with Crippen molar-refractivity contribution in [3.63, 3.8) is 0 Å². The molecule has 0 spiro atoms. The number of carbonyl (C=O) groups excluding carboxylic acids is 1. The van der Waals surface area contributed by atoms with Gasteiger partial charge in [-0.2, -0.15) is 0 Å². The number of nitrogens with zero attached hydrogens (tertiary/aromatic N) is 2. The zero-order chi connectivity index (χ0) is 20.8. The van der Waals surface area contributed by atoms with Crippen LogP contribution in [0.2, 0.25) is 5.02 Å². The molecule has 8 heteroatoms. The van der Waals surface area contributed by atoms with Crippen molar-refractivity contribution in [2.45, 2.75) is 0 Å². The fourth-order valence-electron chi connectivity index (χ4n) is 2.54. The summed E-state index contributed by atoms with van der Waals surface area (Å²) in [6.07, 6.45) is 3.25. The lowest BCUT2D eigenvalue weighted by Gasteiger charge is -2.09. The van der Waals surface area contributed by atoms with Gasteiger partial charge in [0.05, 0.1) is 25.0 Å². The molecule has 1 heterocycles. The van der Waals surface area contributed by atoms with Crippen LogP contribution in [0.5, 0.6) is 0 Å². The summed E-state index contributed by atoms with van der Waals surface area (Å²) >= 11 is 11.0. The molecule has 0 saturated carbocycles. The van der Waals surface area contributed by atoms with Gasteiger partial charge in [-0.3, -0.25) is 0 Å². The zero-order valence-corrected chi connectivity index (χ0v) is 18.7. The third-order valence-electron chi connectivity index (χ3n) is 3.89. The number of ether oxygens (including phenoxy) is 2. The third kappa shape index (κ3) is 5.12. The first-order valence-electron chi connectivity index (χ1n) is 8.41. The van der Waals surface area contributed by atoms with E-state index in [1.165, 1.54) is 31.8 Å². The van der Waals surface area contributed by atoms with Crippen molar-refractivity contribution in [2.24, 2.45) is 0 Å². The molecule has 0 aliphatic carbocycles. The molecule has 2 aromatic carbocycles. The smallest absolute Gasteiger partial charge is 0.341 e. The van der Waals surface area contributed by atoms with Crippen LogP contribution in [0.3, 0.4) is 0 Å². The van der Waals surface area contributed by atoms with Crippen molar-refractivity contribution in [3.8, 4) is 10.6 Å². The minimum Gasteiger partial charge on any atom is -0.503 e. The first kappa shape index (κ1) is 21.2. The lowest BCUT2D eigenvalue weighted by Crippen LogP contribution is -2.05. The van der Waals surface area contributed by atoms with E-state index < -0.39 is 5.97 Å². The number of rotatable bonds is 6. The minimum absolute atomic E-state index is 0.321. The number of halogens is 2. The Morgan fingerprint density at radius 1 is 1.10 bits per heavy atom. The van der Waals surface area contributed by atoms with Crippen LogP contribution >= 0.6 is 38.9 Å². The highest BCUT2D eigenvalue weighted by Crippen LogP contribution is 2.33. The van der Waals surface area contributed by atoms with E-state index in [2.05, 4.69) is 26.1 Å². The number of methoxy groups -OCH3 is 2. The summed E-state index contributed by atoms with van der Waals surface area (Å²) in [5, 5.41) is 10.7. The number of carbonyl (C=O) groups is 1. The van der Waals surface area contributed by atoms with Crippen molar-refractivity contribution < 1.29 is 14.3 Å². The summed E-state index contributed by atoms with van der Waals surface area (Å²) in [6, 6.07) is 14.9. The zero-order valence-electron chi connectivity index (χ0n) is 15.6. The molecule has 0 aliphatic heterocycles. The van der Waals surface area contributed by atoms with Crippen LogP contribution in [-0.2, 0) is 14.3 Å². The summed E-state index contributed by atoms with van der Waals surface area (Å²) < 4.78 is 10.7. The molecule has 0 unspecified atom stereocenters. The number of aromatic nitrogens is 2. The SMILES string of the molecule is CO/C=C(/C(=O)OC)c1ccccc1C=C(Br)c1nnc(-c2ccc(Cl)cc2)s1. The molecule has 0 fully saturated rings. The molecule has 0 bridgehead atoms. The lowest BCUT2D eigenvalue weighted by atomic mass is 10.00. The second-order valence-corrected chi connectivity index (χ2v) is 8.03. The highest BCUT2D eigenvalue weighted by Gasteiger charge is 2.17. The largest absolute Gasteiger partial charge is 0.503 e. The van der Waals surface area contributed by atoms with Gasteiger partial charge in [0.25, 0.3) is 0 Å². The van der Waals surface area contributed by atoms with E-state index in [1.807, 2.05) is 54.6 Å². The van der Waals surface area contributed by atoms with Crippen LogP contribution in [0, 0.1) is 0 Å². The topological polar surface area (TPSA) is 61.3 Å². The summed E-state index contributed by atoms with van der Waals surface area (Å²) in [7, 11) is 2.82. The van der Waals surface area contributed by atoms with E-state index in [0.717, 1.165) is 20.6 Å². The molecule has 1 aromatic heterocycles. The van der Waals surface area contributed by atoms with Crippen molar-refractivity contribution >= 4 is 61.0 Å². The fourth-order valence-corrected chi connectivity index (χ4v) is 4.00. The Hall–Kier alpha value is -2.48. The lowest BCUT2D eigenvalue weighted by molar-refractivity contribution is -0.133. The Balaban J connectivity index is 1.96. The number of hydrogen-bond acceptors (Lipinski definition) is 6. The van der Waals surface area contributed by atoms with Gasteiger partial charge in [0.2, 0.25) is 0 Å². The second-order valence-electron chi connectivity index (χ2n) is 5.76. The van der Waals surface area contributed by atoms with Gasteiger partial charge >= 0.3 is 5.97 Å². The molecular formula is C21H16BrClN2O3S. The minimum atomic E-state index is -0.482. The van der Waals surface area contributed by atoms with Gasteiger partial charge in [0.15, 0.2) is 5.01 Å². The van der Waals surface area contributed by atoms with Crippen LogP contribution in [-0.4, -0.2) is 30.4 Å². The predicted octanol–water partition coefficient (Wildman–Crippen LogP) is 5.91. The fraction of sp³-hybridized carbons (Fsp3) is 0.0952. The second kappa shape index (κ2) is 9.82. The summed E-state index contributed by atoms with van der Waals surface area (Å²) in [5.41, 5.74) is 2.74. The maximum absolute atomic E-state index is 12.2. The van der Waals surface area contributed by atoms with Gasteiger partial charge in [-0.25, -0.2) is 4.79 Å². The van der Waals surface area contributed by atoms with Crippen molar-refractivity contribution in [2.75, 3.05) is 14.2 Å². The number of hydrogen-bond donors (Lipinski definition) is 0. The van der Waals surface area contributed by atoms with Gasteiger partial charge in [0.1, 0.15) is 10.6 Å². The summed E-state index contributed by atoms with van der Waals surface area (Å²) in [5.74, 6) is -0.482. The Bertz CT molecular complexity index is 1080. The Labute approximate surface area is 185 Å². The van der Waals surface area contributed by atoms with Crippen molar-refractivity contribution in [3.05, 3.63) is 76.0 Å².